The highest BCUT2D eigenvalue weighted by atomic mass is 32.1. The number of nitrogen functional groups attached to an aromatic ring is 1. The summed E-state index contributed by atoms with van der Waals surface area (Å²) in [5, 5.41) is 2.89. The monoisotopic (exact) mass is 195 g/mol. The Morgan fingerprint density at radius 1 is 1.46 bits per heavy atom. The van der Waals surface area contributed by atoms with E-state index in [1.54, 1.807) is 6.07 Å². The van der Waals surface area contributed by atoms with E-state index in [0.29, 0.717) is 0 Å². The van der Waals surface area contributed by atoms with Crippen LogP contribution in [0.4, 0.5) is 10.1 Å². The number of thiophene rings is 1. The van der Waals surface area contributed by atoms with Crippen molar-refractivity contribution in [2.24, 2.45) is 0 Å². The molecule has 1 aromatic heterocycles. The van der Waals surface area contributed by atoms with Crippen molar-refractivity contribution in [3.63, 3.8) is 0 Å². The van der Waals surface area contributed by atoms with E-state index in [9.17, 15) is 4.39 Å². The van der Waals surface area contributed by atoms with E-state index in [-0.39, 0.29) is 5.82 Å². The first kappa shape index (κ1) is 8.51. The fourth-order valence-corrected chi connectivity index (χ4v) is 2.44. The fraction of sp³-hybridized carbons (Fsp3) is 0.200. The quantitative estimate of drug-likeness (QED) is 0.743. The average molecular weight is 195 g/mol. The molecule has 2 rings (SSSR count). The van der Waals surface area contributed by atoms with Crippen LogP contribution in [0.1, 0.15) is 12.5 Å². The van der Waals surface area contributed by atoms with Crippen molar-refractivity contribution in [3.05, 3.63) is 28.9 Å². The molecule has 0 spiro atoms. The first-order valence-corrected chi connectivity index (χ1v) is 5.05. The average Bonchev–Trinajstić information content (AvgIpc) is 2.46. The molecule has 0 aliphatic rings. The minimum Gasteiger partial charge on any atom is -0.398 e. The third-order valence-electron chi connectivity index (χ3n) is 2.13. The Morgan fingerprint density at radius 2 is 2.23 bits per heavy atom. The number of rotatable bonds is 1. The molecule has 0 radical (unpaired) electrons. The number of benzene rings is 1. The number of anilines is 1. The molecule has 1 aromatic carbocycles. The summed E-state index contributed by atoms with van der Waals surface area (Å²) in [6, 6.07) is 3.10. The third kappa shape index (κ3) is 1.29. The van der Waals surface area contributed by atoms with Gasteiger partial charge in [0, 0.05) is 15.5 Å². The molecule has 13 heavy (non-hydrogen) atoms. The number of hydrogen-bond donors (Lipinski definition) is 1. The predicted octanol–water partition coefficient (Wildman–Crippen LogP) is 3.19. The number of nitrogens with two attached hydrogens (primary N) is 1. The second-order valence-electron chi connectivity index (χ2n) is 2.98. The molecule has 1 heterocycles. The van der Waals surface area contributed by atoms with Crippen molar-refractivity contribution in [3.8, 4) is 0 Å². The Morgan fingerprint density at radius 3 is 2.92 bits per heavy atom. The molecular formula is C10H10FNS. The zero-order valence-corrected chi connectivity index (χ0v) is 8.12. The molecule has 0 aliphatic heterocycles. The van der Waals surface area contributed by atoms with E-state index in [4.69, 9.17) is 5.73 Å². The largest absolute Gasteiger partial charge is 0.398 e. The van der Waals surface area contributed by atoms with Crippen molar-refractivity contribution in [2.45, 2.75) is 13.3 Å². The summed E-state index contributed by atoms with van der Waals surface area (Å²) in [7, 11) is 0. The van der Waals surface area contributed by atoms with Crippen molar-refractivity contribution in [1.29, 1.82) is 0 Å². The minimum atomic E-state index is -0.175. The lowest BCUT2D eigenvalue weighted by atomic mass is 10.1. The van der Waals surface area contributed by atoms with Crippen LogP contribution in [0.2, 0.25) is 0 Å². The summed E-state index contributed by atoms with van der Waals surface area (Å²) in [5.74, 6) is -0.175. The van der Waals surface area contributed by atoms with E-state index in [0.717, 1.165) is 27.8 Å². The maximum atomic E-state index is 13.1. The summed E-state index contributed by atoms with van der Waals surface area (Å²) in [6.07, 6.45) is 0.815. The number of halogens is 1. The Bertz CT molecular complexity index is 447. The van der Waals surface area contributed by atoms with Crippen LogP contribution in [0.3, 0.4) is 0 Å². The summed E-state index contributed by atoms with van der Waals surface area (Å²) >= 11 is 1.49. The molecule has 68 valence electrons. The maximum Gasteiger partial charge on any atom is 0.124 e. The Balaban J connectivity index is 2.85. The molecule has 0 bridgehead atoms. The molecule has 0 fully saturated rings. The van der Waals surface area contributed by atoms with Crippen molar-refractivity contribution < 1.29 is 4.39 Å². The van der Waals surface area contributed by atoms with Crippen LogP contribution in [0.15, 0.2) is 17.5 Å². The lowest BCUT2D eigenvalue weighted by Gasteiger charge is -2.01. The number of fused-ring (bicyclic) bond motifs is 1. The molecule has 0 aliphatic carbocycles. The van der Waals surface area contributed by atoms with Crippen molar-refractivity contribution in [2.75, 3.05) is 5.73 Å². The van der Waals surface area contributed by atoms with Crippen LogP contribution in [-0.2, 0) is 6.42 Å². The zero-order chi connectivity index (χ0) is 9.42. The van der Waals surface area contributed by atoms with E-state index in [1.807, 2.05) is 12.3 Å². The van der Waals surface area contributed by atoms with Gasteiger partial charge in [0.15, 0.2) is 0 Å². The van der Waals surface area contributed by atoms with Crippen LogP contribution < -0.4 is 5.73 Å². The molecule has 2 aromatic rings. The van der Waals surface area contributed by atoms with Crippen LogP contribution in [0.25, 0.3) is 10.1 Å². The van der Waals surface area contributed by atoms with Crippen molar-refractivity contribution in [1.82, 2.24) is 0 Å². The molecular weight excluding hydrogens is 185 g/mol. The molecule has 2 N–H and O–H groups in total. The molecule has 1 nitrogen and oxygen atoms in total. The third-order valence-corrected chi connectivity index (χ3v) is 3.08. The Kier molecular flexibility index (Phi) is 1.96. The Hall–Kier alpha value is -1.09. The van der Waals surface area contributed by atoms with Gasteiger partial charge in [0.05, 0.1) is 5.69 Å². The lowest BCUT2D eigenvalue weighted by molar-refractivity contribution is 0.628. The van der Waals surface area contributed by atoms with Gasteiger partial charge in [-0.3, -0.25) is 0 Å². The lowest BCUT2D eigenvalue weighted by Crippen LogP contribution is -1.88. The van der Waals surface area contributed by atoms with Gasteiger partial charge >= 0.3 is 0 Å². The first-order valence-electron chi connectivity index (χ1n) is 4.17. The van der Waals surface area contributed by atoms with Gasteiger partial charge in [0.2, 0.25) is 0 Å². The second kappa shape index (κ2) is 3.00. The van der Waals surface area contributed by atoms with E-state index in [1.165, 1.54) is 17.4 Å². The molecule has 0 saturated heterocycles. The van der Waals surface area contributed by atoms with Crippen LogP contribution in [0, 0.1) is 5.82 Å². The summed E-state index contributed by atoms with van der Waals surface area (Å²) in [6.45, 7) is 2.01. The highest BCUT2D eigenvalue weighted by Crippen LogP contribution is 2.32. The van der Waals surface area contributed by atoms with E-state index >= 15 is 0 Å². The summed E-state index contributed by atoms with van der Waals surface area (Å²) in [4.78, 5) is 0. The van der Waals surface area contributed by atoms with Gasteiger partial charge in [0.25, 0.3) is 0 Å². The van der Waals surface area contributed by atoms with E-state index < -0.39 is 0 Å². The molecule has 3 heteroatoms. The molecule has 0 unspecified atom stereocenters. The normalized spacial score (nSPS) is 10.9. The van der Waals surface area contributed by atoms with Gasteiger partial charge < -0.3 is 5.73 Å². The Labute approximate surface area is 80.0 Å². The van der Waals surface area contributed by atoms with Crippen LogP contribution in [-0.4, -0.2) is 0 Å². The first-order chi connectivity index (χ1) is 6.22. The van der Waals surface area contributed by atoms with Gasteiger partial charge in [-0.1, -0.05) is 6.92 Å². The topological polar surface area (TPSA) is 26.0 Å². The van der Waals surface area contributed by atoms with Gasteiger partial charge in [-0.05, 0) is 24.1 Å². The maximum absolute atomic E-state index is 13.1. The smallest absolute Gasteiger partial charge is 0.124 e. The highest BCUT2D eigenvalue weighted by Gasteiger charge is 2.07. The fourth-order valence-electron chi connectivity index (χ4n) is 1.52. The number of aryl methyl sites for hydroxylation is 1. The predicted molar refractivity (Wildman–Crippen MR) is 55.6 cm³/mol. The second-order valence-corrected chi connectivity index (χ2v) is 3.89. The minimum absolute atomic E-state index is 0.175. The van der Waals surface area contributed by atoms with Crippen LogP contribution in [0.5, 0.6) is 0 Å². The van der Waals surface area contributed by atoms with E-state index in [2.05, 4.69) is 0 Å². The van der Waals surface area contributed by atoms with Gasteiger partial charge in [0.1, 0.15) is 5.82 Å². The molecule has 0 saturated carbocycles. The van der Waals surface area contributed by atoms with Crippen molar-refractivity contribution >= 4 is 27.1 Å². The molecule has 0 amide bonds. The van der Waals surface area contributed by atoms with Gasteiger partial charge in [-0.15, -0.1) is 11.3 Å². The summed E-state index contributed by atoms with van der Waals surface area (Å²) < 4.78 is 14.0. The van der Waals surface area contributed by atoms with Gasteiger partial charge in [-0.25, -0.2) is 4.39 Å². The molecule has 0 atom stereocenters. The standard InChI is InChI=1S/C10H10FNS/c1-2-6-3-7(11)4-9-10(6)8(12)5-13-9/h3-5H,2,12H2,1H3. The number of hydrogen-bond acceptors (Lipinski definition) is 2. The van der Waals surface area contributed by atoms with Gasteiger partial charge in [-0.2, -0.15) is 0 Å². The zero-order valence-electron chi connectivity index (χ0n) is 7.30. The SMILES string of the molecule is CCc1cc(F)cc2scc(N)c12. The summed E-state index contributed by atoms with van der Waals surface area (Å²) in [5.41, 5.74) is 7.55. The highest BCUT2D eigenvalue weighted by molar-refractivity contribution is 7.17. The van der Waals surface area contributed by atoms with Crippen LogP contribution >= 0.6 is 11.3 Å².